The van der Waals surface area contributed by atoms with Gasteiger partial charge in [-0.25, -0.2) is 0 Å². The van der Waals surface area contributed by atoms with Gasteiger partial charge in [0.1, 0.15) is 5.75 Å². The normalized spacial score (nSPS) is 11.4. The van der Waals surface area contributed by atoms with Gasteiger partial charge in [-0.2, -0.15) is 5.10 Å². The van der Waals surface area contributed by atoms with Crippen LogP contribution in [0.2, 0.25) is 0 Å². The van der Waals surface area contributed by atoms with Crippen LogP contribution >= 0.6 is 0 Å². The second-order valence-electron chi connectivity index (χ2n) is 5.42. The van der Waals surface area contributed by atoms with Crippen molar-refractivity contribution in [1.29, 1.82) is 0 Å². The number of hydrogen-bond acceptors (Lipinski definition) is 3. The Hall–Kier alpha value is -2.50. The maximum Gasteiger partial charge on any atom is 0.193 e. The lowest BCUT2D eigenvalue weighted by atomic mass is 10.2. The number of aliphatic imine (C=N–C) groups is 1. The summed E-state index contributed by atoms with van der Waals surface area (Å²) in [5.41, 5.74) is 2.30. The predicted molar refractivity (Wildman–Crippen MR) is 92.8 cm³/mol. The molecule has 6 heteroatoms. The van der Waals surface area contributed by atoms with Crippen LogP contribution in [-0.2, 0) is 13.1 Å². The third kappa shape index (κ3) is 4.74. The Labute approximate surface area is 137 Å². The third-order valence-corrected chi connectivity index (χ3v) is 3.56. The summed E-state index contributed by atoms with van der Waals surface area (Å²) in [4.78, 5) is 6.41. The van der Waals surface area contributed by atoms with Gasteiger partial charge in [0.25, 0.3) is 0 Å². The maximum absolute atomic E-state index is 5.40. The van der Waals surface area contributed by atoms with Crippen molar-refractivity contribution >= 4 is 5.96 Å². The molecule has 0 spiro atoms. The first-order valence-corrected chi connectivity index (χ1v) is 7.66. The smallest absolute Gasteiger partial charge is 0.193 e. The van der Waals surface area contributed by atoms with Crippen LogP contribution in [-0.4, -0.2) is 48.4 Å². The van der Waals surface area contributed by atoms with Crippen LogP contribution in [0.3, 0.4) is 0 Å². The molecule has 0 aliphatic carbocycles. The van der Waals surface area contributed by atoms with E-state index in [0.29, 0.717) is 0 Å². The molecule has 6 nitrogen and oxygen atoms in total. The lowest BCUT2D eigenvalue weighted by molar-refractivity contribution is 0.395. The first kappa shape index (κ1) is 16.9. The molecule has 0 radical (unpaired) electrons. The highest BCUT2D eigenvalue weighted by Gasteiger charge is 2.09. The van der Waals surface area contributed by atoms with E-state index in [9.17, 15) is 0 Å². The van der Waals surface area contributed by atoms with Crippen molar-refractivity contribution in [3.8, 4) is 5.75 Å². The van der Waals surface area contributed by atoms with Crippen molar-refractivity contribution in [2.75, 3.05) is 27.7 Å². The SMILES string of the molecule is CN=C(NCCn1cc(C)cn1)N(C)Cc1ccccc1OC. The first-order valence-electron chi connectivity index (χ1n) is 7.66. The Morgan fingerprint density at radius 3 is 2.83 bits per heavy atom. The molecule has 1 heterocycles. The molecule has 1 N–H and O–H groups in total. The molecule has 0 fully saturated rings. The fourth-order valence-corrected chi connectivity index (χ4v) is 2.42. The zero-order valence-corrected chi connectivity index (χ0v) is 14.3. The van der Waals surface area contributed by atoms with Crippen LogP contribution in [0, 0.1) is 6.92 Å². The summed E-state index contributed by atoms with van der Waals surface area (Å²) in [6, 6.07) is 8.03. The second-order valence-corrected chi connectivity index (χ2v) is 5.42. The first-order chi connectivity index (χ1) is 11.1. The van der Waals surface area contributed by atoms with Crippen LogP contribution in [0.5, 0.6) is 5.75 Å². The van der Waals surface area contributed by atoms with Crippen molar-refractivity contribution in [1.82, 2.24) is 20.0 Å². The Morgan fingerprint density at radius 1 is 1.39 bits per heavy atom. The van der Waals surface area contributed by atoms with E-state index in [0.717, 1.165) is 36.9 Å². The van der Waals surface area contributed by atoms with E-state index in [4.69, 9.17) is 4.74 Å². The molecule has 2 aromatic rings. The number of aryl methyl sites for hydroxylation is 1. The Morgan fingerprint density at radius 2 is 2.17 bits per heavy atom. The molecule has 23 heavy (non-hydrogen) atoms. The molecule has 0 aliphatic rings. The number of nitrogens with zero attached hydrogens (tertiary/aromatic N) is 4. The highest BCUT2D eigenvalue weighted by Crippen LogP contribution is 2.18. The van der Waals surface area contributed by atoms with Gasteiger partial charge in [0, 0.05) is 38.9 Å². The summed E-state index contributed by atoms with van der Waals surface area (Å²) in [6.45, 7) is 4.33. The molecule has 0 unspecified atom stereocenters. The zero-order chi connectivity index (χ0) is 16.7. The van der Waals surface area contributed by atoms with Gasteiger partial charge in [0.15, 0.2) is 5.96 Å². The molecular formula is C17H25N5O. The Kier molecular flexibility index (Phi) is 6.02. The number of guanidine groups is 1. The molecule has 0 amide bonds. The van der Waals surface area contributed by atoms with Crippen LogP contribution in [0.25, 0.3) is 0 Å². The van der Waals surface area contributed by atoms with Gasteiger partial charge in [0.2, 0.25) is 0 Å². The highest BCUT2D eigenvalue weighted by molar-refractivity contribution is 5.79. The summed E-state index contributed by atoms with van der Waals surface area (Å²) >= 11 is 0. The highest BCUT2D eigenvalue weighted by atomic mass is 16.5. The average molecular weight is 315 g/mol. The molecule has 0 bridgehead atoms. The molecular weight excluding hydrogens is 290 g/mol. The van der Waals surface area contributed by atoms with Crippen molar-refractivity contribution in [2.24, 2.45) is 4.99 Å². The zero-order valence-electron chi connectivity index (χ0n) is 14.3. The number of methoxy groups -OCH3 is 1. The fraction of sp³-hybridized carbons (Fsp3) is 0.412. The second kappa shape index (κ2) is 8.22. The van der Waals surface area contributed by atoms with Crippen molar-refractivity contribution in [3.63, 3.8) is 0 Å². The van der Waals surface area contributed by atoms with Crippen molar-refractivity contribution < 1.29 is 4.74 Å². The van der Waals surface area contributed by atoms with E-state index in [1.54, 1.807) is 14.2 Å². The van der Waals surface area contributed by atoms with Crippen LogP contribution in [0.15, 0.2) is 41.7 Å². The molecule has 124 valence electrons. The number of aromatic nitrogens is 2. The average Bonchev–Trinajstić information content (AvgIpc) is 2.97. The van der Waals surface area contributed by atoms with Crippen LogP contribution in [0.4, 0.5) is 0 Å². The van der Waals surface area contributed by atoms with E-state index in [1.807, 2.05) is 49.2 Å². The molecule has 0 saturated carbocycles. The number of rotatable bonds is 6. The number of nitrogens with one attached hydrogen (secondary N) is 1. The molecule has 1 aromatic carbocycles. The lowest BCUT2D eigenvalue weighted by Gasteiger charge is -2.23. The van der Waals surface area contributed by atoms with Gasteiger partial charge in [0.05, 0.1) is 19.9 Å². The van der Waals surface area contributed by atoms with E-state index in [-0.39, 0.29) is 0 Å². The fourth-order valence-electron chi connectivity index (χ4n) is 2.42. The standard InChI is InChI=1S/C17H25N5O/c1-14-11-20-22(12-14)10-9-19-17(18-2)21(3)13-15-7-5-6-8-16(15)23-4/h5-8,11-12H,9-10,13H2,1-4H3,(H,18,19). The van der Waals surface area contributed by atoms with Gasteiger partial charge >= 0.3 is 0 Å². The lowest BCUT2D eigenvalue weighted by Crippen LogP contribution is -2.39. The quantitative estimate of drug-likeness (QED) is 0.653. The number of para-hydroxylation sites is 1. The van der Waals surface area contributed by atoms with E-state index < -0.39 is 0 Å². The number of hydrogen-bond donors (Lipinski definition) is 1. The van der Waals surface area contributed by atoms with Gasteiger partial charge in [-0.1, -0.05) is 18.2 Å². The van der Waals surface area contributed by atoms with E-state index in [1.165, 1.54) is 5.56 Å². The van der Waals surface area contributed by atoms with Gasteiger partial charge in [-0.05, 0) is 18.6 Å². The molecule has 0 aliphatic heterocycles. The minimum Gasteiger partial charge on any atom is -0.496 e. The summed E-state index contributed by atoms with van der Waals surface area (Å²) in [5, 5.41) is 7.64. The number of ether oxygens (including phenoxy) is 1. The maximum atomic E-state index is 5.40. The summed E-state index contributed by atoms with van der Waals surface area (Å²) < 4.78 is 7.33. The topological polar surface area (TPSA) is 54.7 Å². The summed E-state index contributed by atoms with van der Waals surface area (Å²) in [7, 11) is 5.50. The Balaban J connectivity index is 1.89. The van der Waals surface area contributed by atoms with Crippen molar-refractivity contribution in [3.05, 3.63) is 47.8 Å². The van der Waals surface area contributed by atoms with Gasteiger partial charge in [-0.15, -0.1) is 0 Å². The molecule has 0 saturated heterocycles. The Bertz CT molecular complexity index is 650. The minimum absolute atomic E-state index is 0.727. The summed E-state index contributed by atoms with van der Waals surface area (Å²) in [5.74, 6) is 1.74. The van der Waals surface area contributed by atoms with Crippen LogP contribution in [0.1, 0.15) is 11.1 Å². The third-order valence-electron chi connectivity index (χ3n) is 3.56. The minimum atomic E-state index is 0.727. The summed E-state index contributed by atoms with van der Waals surface area (Å²) in [6.07, 6.45) is 3.89. The largest absolute Gasteiger partial charge is 0.496 e. The van der Waals surface area contributed by atoms with Gasteiger partial charge in [-0.3, -0.25) is 9.67 Å². The monoisotopic (exact) mass is 315 g/mol. The van der Waals surface area contributed by atoms with E-state index in [2.05, 4.69) is 26.4 Å². The van der Waals surface area contributed by atoms with Crippen molar-refractivity contribution in [2.45, 2.75) is 20.0 Å². The predicted octanol–water partition coefficient (Wildman–Crippen LogP) is 1.91. The van der Waals surface area contributed by atoms with Gasteiger partial charge < -0.3 is 15.0 Å². The molecule has 2 rings (SSSR count). The molecule has 0 atom stereocenters. The molecule has 1 aromatic heterocycles. The van der Waals surface area contributed by atoms with Crippen LogP contribution < -0.4 is 10.1 Å². The number of benzene rings is 1. The van der Waals surface area contributed by atoms with E-state index >= 15 is 0 Å².